The van der Waals surface area contributed by atoms with Crippen molar-refractivity contribution in [3.05, 3.63) is 63.7 Å². The van der Waals surface area contributed by atoms with Gasteiger partial charge in [0.05, 0.1) is 9.82 Å². The number of anilines is 1. The number of sulfonamides is 1. The Morgan fingerprint density at radius 3 is 2.62 bits per heavy atom. The number of nitro groups is 1. The minimum absolute atomic E-state index is 0.00807. The van der Waals surface area contributed by atoms with Crippen molar-refractivity contribution in [3.63, 3.8) is 0 Å². The van der Waals surface area contributed by atoms with Crippen LogP contribution in [-0.4, -0.2) is 49.8 Å². The summed E-state index contributed by atoms with van der Waals surface area (Å²) in [5.41, 5.74) is 0.834. The van der Waals surface area contributed by atoms with Crippen molar-refractivity contribution in [2.24, 2.45) is 5.14 Å². The molecule has 12 nitrogen and oxygen atoms in total. The Morgan fingerprint density at radius 2 is 1.97 bits per heavy atom. The molecule has 3 N–H and O–H groups in total. The molecule has 2 atom stereocenters. The number of fused-ring (bicyclic) bond motifs is 1. The van der Waals surface area contributed by atoms with Gasteiger partial charge in [0.1, 0.15) is 6.04 Å². The first-order valence-electron chi connectivity index (χ1n) is 10.1. The second-order valence-electron chi connectivity index (χ2n) is 7.76. The van der Waals surface area contributed by atoms with Crippen molar-refractivity contribution in [1.29, 1.82) is 0 Å². The molecule has 1 unspecified atom stereocenters. The number of esters is 1. The van der Waals surface area contributed by atoms with Crippen LogP contribution in [0.15, 0.2) is 47.4 Å². The molecule has 2 aromatic rings. The zero-order valence-corrected chi connectivity index (χ0v) is 19.1. The lowest BCUT2D eigenvalue weighted by Crippen LogP contribution is -2.42. The zero-order valence-electron chi connectivity index (χ0n) is 18.3. The van der Waals surface area contributed by atoms with Crippen LogP contribution in [0.1, 0.15) is 29.8 Å². The van der Waals surface area contributed by atoms with Gasteiger partial charge in [0.15, 0.2) is 6.61 Å². The quantitative estimate of drug-likeness (QED) is 0.326. The highest BCUT2D eigenvalue weighted by Gasteiger charge is 2.32. The highest BCUT2D eigenvalue weighted by Crippen LogP contribution is 2.33. The molecule has 0 spiro atoms. The minimum Gasteiger partial charge on any atom is -0.454 e. The fourth-order valence-corrected chi connectivity index (χ4v) is 4.16. The van der Waals surface area contributed by atoms with Crippen LogP contribution in [0.5, 0.6) is 0 Å². The van der Waals surface area contributed by atoms with Crippen molar-refractivity contribution in [2.75, 3.05) is 11.5 Å². The van der Waals surface area contributed by atoms with Gasteiger partial charge in [-0.3, -0.25) is 19.7 Å². The fraction of sp³-hybridized carbons (Fsp3) is 0.286. The van der Waals surface area contributed by atoms with Crippen LogP contribution in [0, 0.1) is 10.1 Å². The van der Waals surface area contributed by atoms with Crippen molar-refractivity contribution < 1.29 is 32.5 Å². The van der Waals surface area contributed by atoms with Gasteiger partial charge in [-0.25, -0.2) is 18.4 Å². The van der Waals surface area contributed by atoms with Gasteiger partial charge in [0.2, 0.25) is 10.0 Å². The first-order chi connectivity index (χ1) is 15.9. The van der Waals surface area contributed by atoms with Gasteiger partial charge in [-0.2, -0.15) is 0 Å². The molecule has 3 rings (SSSR count). The van der Waals surface area contributed by atoms with Crippen LogP contribution in [0.2, 0.25) is 0 Å². The van der Waals surface area contributed by atoms with Crippen LogP contribution in [-0.2, 0) is 30.8 Å². The van der Waals surface area contributed by atoms with E-state index in [4.69, 9.17) is 9.88 Å². The predicted molar refractivity (Wildman–Crippen MR) is 119 cm³/mol. The van der Waals surface area contributed by atoms with Crippen LogP contribution >= 0.6 is 0 Å². The number of nitrogens with one attached hydrogen (secondary N) is 1. The standard InChI is InChI=1S/C21H22N4O8S/c1-12-8-15-10-17(34(22,31)32)6-7-18(15)24(12)19(26)11-33-21(28)13(2)23-20(27)14-4-3-5-16(9-14)25(29)30/h3-7,9-10,12-13H,8,11H2,1-2H3,(H,23,27)(H2,22,31,32)/t12?,13-/m0/s1. The molecule has 0 saturated carbocycles. The molecule has 34 heavy (non-hydrogen) atoms. The fourth-order valence-electron chi connectivity index (χ4n) is 3.59. The molecule has 0 aliphatic carbocycles. The Morgan fingerprint density at radius 1 is 1.26 bits per heavy atom. The largest absolute Gasteiger partial charge is 0.454 e. The van der Waals surface area contributed by atoms with Gasteiger partial charge < -0.3 is 15.0 Å². The van der Waals surface area contributed by atoms with Gasteiger partial charge in [-0.05, 0) is 50.1 Å². The highest BCUT2D eigenvalue weighted by atomic mass is 32.2. The maximum atomic E-state index is 12.7. The molecule has 1 aliphatic heterocycles. The van der Waals surface area contributed by atoms with E-state index in [9.17, 15) is 32.9 Å². The monoisotopic (exact) mass is 490 g/mol. The third-order valence-electron chi connectivity index (χ3n) is 5.22. The number of hydrogen-bond donors (Lipinski definition) is 2. The lowest BCUT2D eigenvalue weighted by atomic mass is 10.1. The molecule has 1 aliphatic rings. The van der Waals surface area contributed by atoms with E-state index in [0.717, 1.165) is 6.07 Å². The molecule has 180 valence electrons. The zero-order chi connectivity index (χ0) is 25.2. The summed E-state index contributed by atoms with van der Waals surface area (Å²) < 4.78 is 28.2. The van der Waals surface area contributed by atoms with Crippen LogP contribution < -0.4 is 15.4 Å². The van der Waals surface area contributed by atoms with Crippen LogP contribution in [0.4, 0.5) is 11.4 Å². The Labute approximate surface area is 194 Å². The molecular formula is C21H22N4O8S. The summed E-state index contributed by atoms with van der Waals surface area (Å²) in [7, 11) is -3.89. The summed E-state index contributed by atoms with van der Waals surface area (Å²) >= 11 is 0. The SMILES string of the molecule is CC1Cc2cc(S(N)(=O)=O)ccc2N1C(=O)COC(=O)[C@H](C)NC(=O)c1cccc([N+](=O)[O-])c1. The van der Waals surface area contributed by atoms with E-state index < -0.39 is 45.4 Å². The van der Waals surface area contributed by atoms with Gasteiger partial charge in [-0.1, -0.05) is 6.07 Å². The van der Waals surface area contributed by atoms with Crippen LogP contribution in [0.3, 0.4) is 0 Å². The Kier molecular flexibility index (Phi) is 6.98. The smallest absolute Gasteiger partial charge is 0.328 e. The second kappa shape index (κ2) is 9.57. The number of hydrogen-bond acceptors (Lipinski definition) is 8. The van der Waals surface area contributed by atoms with Gasteiger partial charge in [0.25, 0.3) is 17.5 Å². The van der Waals surface area contributed by atoms with Crippen molar-refractivity contribution >= 4 is 39.2 Å². The highest BCUT2D eigenvalue weighted by molar-refractivity contribution is 7.89. The number of carbonyl (C=O) groups is 3. The number of nitro benzene ring substituents is 1. The maximum Gasteiger partial charge on any atom is 0.328 e. The molecule has 0 fully saturated rings. The molecule has 2 amide bonds. The molecule has 1 heterocycles. The summed E-state index contributed by atoms with van der Waals surface area (Å²) in [6.07, 6.45) is 0.397. The van der Waals surface area contributed by atoms with E-state index in [-0.39, 0.29) is 22.2 Å². The molecule has 0 saturated heterocycles. The average Bonchev–Trinajstić information content (AvgIpc) is 3.11. The minimum atomic E-state index is -3.89. The first kappa shape index (κ1) is 24.8. The summed E-state index contributed by atoms with van der Waals surface area (Å²) in [6, 6.07) is 7.75. The van der Waals surface area contributed by atoms with E-state index in [1.807, 2.05) is 0 Å². The second-order valence-corrected chi connectivity index (χ2v) is 9.32. The normalized spacial score (nSPS) is 15.9. The molecule has 2 aromatic carbocycles. The lowest BCUT2D eigenvalue weighted by molar-refractivity contribution is -0.384. The van der Waals surface area contributed by atoms with Crippen molar-refractivity contribution in [2.45, 2.75) is 37.2 Å². The van der Waals surface area contributed by atoms with Crippen molar-refractivity contribution in [3.8, 4) is 0 Å². The number of nitrogens with two attached hydrogens (primary N) is 1. The molecule has 0 aromatic heterocycles. The molecule has 0 radical (unpaired) electrons. The van der Waals surface area contributed by atoms with Gasteiger partial charge in [-0.15, -0.1) is 0 Å². The number of ether oxygens (including phenoxy) is 1. The third-order valence-corrected chi connectivity index (χ3v) is 6.13. The predicted octanol–water partition coefficient (Wildman–Crippen LogP) is 0.882. The Hall–Kier alpha value is -3.84. The summed E-state index contributed by atoms with van der Waals surface area (Å²) in [5, 5.41) is 18.4. The Balaban J connectivity index is 1.61. The van der Waals surface area contributed by atoms with E-state index >= 15 is 0 Å². The first-order valence-corrected chi connectivity index (χ1v) is 11.6. The molecular weight excluding hydrogens is 468 g/mol. The number of amides is 2. The van der Waals surface area contributed by atoms with E-state index in [2.05, 4.69) is 5.32 Å². The van der Waals surface area contributed by atoms with Crippen molar-refractivity contribution in [1.82, 2.24) is 5.32 Å². The topological polar surface area (TPSA) is 179 Å². The Bertz CT molecular complexity index is 1280. The van der Waals surface area contributed by atoms with E-state index in [0.29, 0.717) is 17.7 Å². The molecule has 0 bridgehead atoms. The number of nitrogens with zero attached hydrogens (tertiary/aromatic N) is 2. The number of carbonyl (C=O) groups excluding carboxylic acids is 3. The van der Waals surface area contributed by atoms with E-state index in [1.54, 1.807) is 6.92 Å². The summed E-state index contributed by atoms with van der Waals surface area (Å²) in [5.74, 6) is -2.11. The van der Waals surface area contributed by atoms with Gasteiger partial charge in [0, 0.05) is 29.4 Å². The number of primary sulfonamides is 1. The molecule has 13 heteroatoms. The number of non-ortho nitro benzene ring substituents is 1. The number of benzene rings is 2. The number of rotatable bonds is 7. The average molecular weight is 490 g/mol. The van der Waals surface area contributed by atoms with Gasteiger partial charge >= 0.3 is 5.97 Å². The lowest BCUT2D eigenvalue weighted by Gasteiger charge is -2.23. The maximum absolute atomic E-state index is 12.7. The third kappa shape index (κ3) is 5.38. The van der Waals surface area contributed by atoms with Crippen LogP contribution in [0.25, 0.3) is 0 Å². The summed E-state index contributed by atoms with van der Waals surface area (Å²) in [4.78, 5) is 48.9. The summed E-state index contributed by atoms with van der Waals surface area (Å²) in [6.45, 7) is 2.51. The van der Waals surface area contributed by atoms with E-state index in [1.165, 1.54) is 48.2 Å².